The SMILES string of the molecule is O=C(Nc1ccc2oc(-c3cccc4c(Br)cccc34)nc2c1)c1ccccc1Br. The number of fused-ring (bicyclic) bond motifs is 2. The number of halogens is 2. The summed E-state index contributed by atoms with van der Waals surface area (Å²) in [5.41, 5.74) is 3.49. The Hall–Kier alpha value is -2.96. The van der Waals surface area contributed by atoms with Gasteiger partial charge in [0.2, 0.25) is 5.89 Å². The Morgan fingerprint density at radius 3 is 2.47 bits per heavy atom. The molecular weight excluding hydrogens is 508 g/mol. The van der Waals surface area contributed by atoms with Crippen LogP contribution in [0.25, 0.3) is 33.3 Å². The summed E-state index contributed by atoms with van der Waals surface area (Å²) in [4.78, 5) is 17.3. The summed E-state index contributed by atoms with van der Waals surface area (Å²) in [5, 5.41) is 5.07. The highest BCUT2D eigenvalue weighted by molar-refractivity contribution is 9.11. The molecule has 6 heteroatoms. The lowest BCUT2D eigenvalue weighted by molar-refractivity contribution is 0.102. The lowest BCUT2D eigenvalue weighted by Gasteiger charge is -2.06. The van der Waals surface area contributed by atoms with E-state index < -0.39 is 0 Å². The highest BCUT2D eigenvalue weighted by atomic mass is 79.9. The molecule has 4 nitrogen and oxygen atoms in total. The van der Waals surface area contributed by atoms with E-state index in [-0.39, 0.29) is 5.91 Å². The number of nitrogens with zero attached hydrogens (tertiary/aromatic N) is 1. The topological polar surface area (TPSA) is 55.1 Å². The predicted molar refractivity (Wildman–Crippen MR) is 127 cm³/mol. The molecule has 5 rings (SSSR count). The Morgan fingerprint density at radius 2 is 1.60 bits per heavy atom. The van der Waals surface area contributed by atoms with Gasteiger partial charge in [-0.2, -0.15) is 0 Å². The van der Waals surface area contributed by atoms with Gasteiger partial charge in [0.1, 0.15) is 5.52 Å². The quantitative estimate of drug-likeness (QED) is 0.268. The van der Waals surface area contributed by atoms with Crippen molar-refractivity contribution < 1.29 is 9.21 Å². The molecule has 0 spiro atoms. The van der Waals surface area contributed by atoms with Crippen molar-refractivity contribution in [3.63, 3.8) is 0 Å². The molecule has 30 heavy (non-hydrogen) atoms. The number of aromatic nitrogens is 1. The van der Waals surface area contributed by atoms with Crippen LogP contribution in [0, 0.1) is 0 Å². The van der Waals surface area contributed by atoms with E-state index in [0.717, 1.165) is 25.3 Å². The van der Waals surface area contributed by atoms with E-state index in [1.807, 2.05) is 66.7 Å². The smallest absolute Gasteiger partial charge is 0.256 e. The molecule has 1 aromatic heterocycles. The molecule has 0 aliphatic carbocycles. The second-order valence-electron chi connectivity index (χ2n) is 6.78. The van der Waals surface area contributed by atoms with Gasteiger partial charge in [0.15, 0.2) is 5.58 Å². The van der Waals surface area contributed by atoms with Crippen LogP contribution in [0.4, 0.5) is 5.69 Å². The van der Waals surface area contributed by atoms with Crippen LogP contribution in [0.2, 0.25) is 0 Å². The Labute approximate surface area is 189 Å². The number of rotatable bonds is 3. The first-order valence-electron chi connectivity index (χ1n) is 9.24. The van der Waals surface area contributed by atoms with Crippen LogP contribution in [0.1, 0.15) is 10.4 Å². The monoisotopic (exact) mass is 520 g/mol. The maximum absolute atomic E-state index is 12.6. The summed E-state index contributed by atoms with van der Waals surface area (Å²) in [6, 6.07) is 24.9. The van der Waals surface area contributed by atoms with Crippen LogP contribution < -0.4 is 5.32 Å². The molecule has 0 atom stereocenters. The molecule has 0 radical (unpaired) electrons. The molecule has 1 heterocycles. The highest BCUT2D eigenvalue weighted by Crippen LogP contribution is 2.34. The number of carbonyl (C=O) groups is 1. The summed E-state index contributed by atoms with van der Waals surface area (Å²) >= 11 is 7.01. The van der Waals surface area contributed by atoms with Crippen LogP contribution in [0.15, 0.2) is 92.2 Å². The largest absolute Gasteiger partial charge is 0.436 e. The minimum atomic E-state index is -0.190. The number of hydrogen-bond donors (Lipinski definition) is 1. The predicted octanol–water partition coefficient (Wildman–Crippen LogP) is 7.43. The average Bonchev–Trinajstić information content (AvgIpc) is 3.17. The van der Waals surface area contributed by atoms with E-state index in [9.17, 15) is 4.79 Å². The fourth-order valence-electron chi connectivity index (χ4n) is 3.42. The van der Waals surface area contributed by atoms with Gasteiger partial charge in [0.05, 0.1) is 5.56 Å². The van der Waals surface area contributed by atoms with Crippen molar-refractivity contribution in [1.82, 2.24) is 4.98 Å². The summed E-state index contributed by atoms with van der Waals surface area (Å²) < 4.78 is 7.79. The highest BCUT2D eigenvalue weighted by Gasteiger charge is 2.14. The van der Waals surface area contributed by atoms with E-state index >= 15 is 0 Å². The van der Waals surface area contributed by atoms with Crippen molar-refractivity contribution >= 4 is 65.3 Å². The number of anilines is 1. The standard InChI is InChI=1S/C24H14Br2N2O2/c25-19-10-4-6-15-16(19)7-3-8-17(15)24-28-21-13-14(11-12-22(21)30-24)27-23(29)18-5-1-2-9-20(18)26/h1-13H,(H,27,29). The zero-order valence-electron chi connectivity index (χ0n) is 15.5. The van der Waals surface area contributed by atoms with Gasteiger partial charge in [-0.05, 0) is 69.2 Å². The van der Waals surface area contributed by atoms with Gasteiger partial charge >= 0.3 is 0 Å². The Morgan fingerprint density at radius 1 is 0.833 bits per heavy atom. The van der Waals surface area contributed by atoms with E-state index in [4.69, 9.17) is 4.42 Å². The molecule has 0 aliphatic heterocycles. The summed E-state index contributed by atoms with van der Waals surface area (Å²) in [7, 11) is 0. The van der Waals surface area contributed by atoms with Gasteiger partial charge in [-0.25, -0.2) is 4.98 Å². The average molecular weight is 522 g/mol. The normalized spacial score (nSPS) is 11.1. The molecule has 0 aliphatic rings. The number of amides is 1. The van der Waals surface area contributed by atoms with Gasteiger partial charge in [-0.1, -0.05) is 52.3 Å². The zero-order chi connectivity index (χ0) is 20.7. The summed E-state index contributed by atoms with van der Waals surface area (Å²) in [6.07, 6.45) is 0. The van der Waals surface area contributed by atoms with Gasteiger partial charge in [0, 0.05) is 20.2 Å². The minimum Gasteiger partial charge on any atom is -0.436 e. The molecule has 1 N–H and O–H groups in total. The van der Waals surface area contributed by atoms with E-state index in [0.29, 0.717) is 28.2 Å². The third-order valence-electron chi connectivity index (χ3n) is 4.86. The number of benzene rings is 4. The second kappa shape index (κ2) is 7.70. The number of nitrogens with one attached hydrogen (secondary N) is 1. The molecule has 146 valence electrons. The van der Waals surface area contributed by atoms with Gasteiger partial charge in [-0.3, -0.25) is 4.79 Å². The lowest BCUT2D eigenvalue weighted by Crippen LogP contribution is -2.12. The zero-order valence-corrected chi connectivity index (χ0v) is 18.7. The van der Waals surface area contributed by atoms with E-state index in [1.165, 1.54) is 0 Å². The first-order chi connectivity index (χ1) is 14.6. The maximum Gasteiger partial charge on any atom is 0.256 e. The third-order valence-corrected chi connectivity index (χ3v) is 6.25. The summed E-state index contributed by atoms with van der Waals surface area (Å²) in [6.45, 7) is 0. The molecule has 0 fully saturated rings. The first-order valence-corrected chi connectivity index (χ1v) is 10.8. The van der Waals surface area contributed by atoms with E-state index in [2.05, 4.69) is 48.2 Å². The van der Waals surface area contributed by atoms with Crippen molar-refractivity contribution in [3.05, 3.63) is 93.4 Å². The van der Waals surface area contributed by atoms with Gasteiger partial charge < -0.3 is 9.73 Å². The Balaban J connectivity index is 1.52. The molecule has 0 bridgehead atoms. The lowest BCUT2D eigenvalue weighted by atomic mass is 10.0. The minimum absolute atomic E-state index is 0.190. The first kappa shape index (κ1) is 19.0. The molecular formula is C24H14Br2N2O2. The van der Waals surface area contributed by atoms with E-state index in [1.54, 1.807) is 6.07 Å². The Bertz CT molecular complexity index is 1430. The van der Waals surface area contributed by atoms with Crippen LogP contribution in [-0.4, -0.2) is 10.9 Å². The van der Waals surface area contributed by atoms with Crippen LogP contribution in [0.5, 0.6) is 0 Å². The van der Waals surface area contributed by atoms with Crippen molar-refractivity contribution in [1.29, 1.82) is 0 Å². The fraction of sp³-hybridized carbons (Fsp3) is 0. The van der Waals surface area contributed by atoms with Crippen molar-refractivity contribution in [2.45, 2.75) is 0 Å². The molecule has 0 saturated carbocycles. The summed E-state index contributed by atoms with van der Waals surface area (Å²) in [5.74, 6) is 0.354. The van der Waals surface area contributed by atoms with Crippen LogP contribution >= 0.6 is 31.9 Å². The Kier molecular flexibility index (Phi) is 4.89. The second-order valence-corrected chi connectivity index (χ2v) is 8.48. The van der Waals surface area contributed by atoms with Crippen LogP contribution in [0.3, 0.4) is 0 Å². The molecule has 5 aromatic rings. The number of carbonyl (C=O) groups excluding carboxylic acids is 1. The third kappa shape index (κ3) is 3.42. The van der Waals surface area contributed by atoms with Crippen molar-refractivity contribution in [2.75, 3.05) is 5.32 Å². The molecule has 4 aromatic carbocycles. The fourth-order valence-corrected chi connectivity index (χ4v) is 4.39. The molecule has 1 amide bonds. The van der Waals surface area contributed by atoms with Crippen molar-refractivity contribution in [2.24, 2.45) is 0 Å². The van der Waals surface area contributed by atoms with Crippen molar-refractivity contribution in [3.8, 4) is 11.5 Å². The number of hydrogen-bond acceptors (Lipinski definition) is 3. The maximum atomic E-state index is 12.6. The van der Waals surface area contributed by atoms with Gasteiger partial charge in [-0.15, -0.1) is 0 Å². The molecule has 0 unspecified atom stereocenters. The van der Waals surface area contributed by atoms with Crippen LogP contribution in [-0.2, 0) is 0 Å². The molecule has 0 saturated heterocycles. The van der Waals surface area contributed by atoms with Gasteiger partial charge in [0.25, 0.3) is 5.91 Å². The number of oxazole rings is 1.